The third-order valence-electron chi connectivity index (χ3n) is 2.92. The van der Waals surface area contributed by atoms with E-state index in [0.29, 0.717) is 5.92 Å². The SMILES string of the molecule is CCn1nc(C)cc1C1(O)CC1C. The Morgan fingerprint density at radius 2 is 2.38 bits per heavy atom. The fraction of sp³-hybridized carbons (Fsp3) is 0.700. The molecule has 72 valence electrons. The largest absolute Gasteiger partial charge is 0.383 e. The van der Waals surface area contributed by atoms with Crippen molar-refractivity contribution in [2.45, 2.75) is 39.3 Å². The molecular weight excluding hydrogens is 164 g/mol. The standard InChI is InChI=1S/C10H16N2O/c1-4-12-9(5-8(3)11-12)10(13)6-7(10)2/h5,7,13H,4,6H2,1-3H3. The third kappa shape index (κ3) is 1.18. The van der Waals surface area contributed by atoms with Gasteiger partial charge in [0.25, 0.3) is 0 Å². The zero-order valence-corrected chi connectivity index (χ0v) is 8.41. The quantitative estimate of drug-likeness (QED) is 0.747. The van der Waals surface area contributed by atoms with Crippen LogP contribution in [-0.4, -0.2) is 14.9 Å². The van der Waals surface area contributed by atoms with Crippen LogP contribution in [0.2, 0.25) is 0 Å². The summed E-state index contributed by atoms with van der Waals surface area (Å²) in [7, 11) is 0. The van der Waals surface area contributed by atoms with E-state index in [1.807, 2.05) is 24.6 Å². The Morgan fingerprint density at radius 3 is 2.85 bits per heavy atom. The summed E-state index contributed by atoms with van der Waals surface area (Å²) in [5.41, 5.74) is 1.39. The predicted molar refractivity (Wildman–Crippen MR) is 50.3 cm³/mol. The number of hydrogen-bond acceptors (Lipinski definition) is 2. The summed E-state index contributed by atoms with van der Waals surface area (Å²) >= 11 is 0. The van der Waals surface area contributed by atoms with Crippen molar-refractivity contribution in [3.63, 3.8) is 0 Å². The van der Waals surface area contributed by atoms with E-state index in [9.17, 15) is 5.11 Å². The maximum atomic E-state index is 10.1. The van der Waals surface area contributed by atoms with E-state index in [-0.39, 0.29) is 0 Å². The molecular formula is C10H16N2O. The number of aryl methyl sites for hydroxylation is 2. The maximum Gasteiger partial charge on any atom is 0.109 e. The minimum absolute atomic E-state index is 0.383. The lowest BCUT2D eigenvalue weighted by atomic mass is 10.2. The predicted octanol–water partition coefficient (Wildman–Crippen LogP) is 1.44. The first-order valence-electron chi connectivity index (χ1n) is 4.85. The zero-order chi connectivity index (χ0) is 9.64. The van der Waals surface area contributed by atoms with Gasteiger partial charge in [-0.25, -0.2) is 0 Å². The molecule has 0 bridgehead atoms. The van der Waals surface area contributed by atoms with Gasteiger partial charge in [-0.15, -0.1) is 0 Å². The van der Waals surface area contributed by atoms with Crippen molar-refractivity contribution in [1.29, 1.82) is 0 Å². The van der Waals surface area contributed by atoms with Crippen molar-refractivity contribution in [2.75, 3.05) is 0 Å². The smallest absolute Gasteiger partial charge is 0.109 e. The summed E-state index contributed by atoms with van der Waals surface area (Å²) in [4.78, 5) is 0. The lowest BCUT2D eigenvalue weighted by Crippen LogP contribution is -2.15. The summed E-state index contributed by atoms with van der Waals surface area (Å²) in [6.07, 6.45) is 0.873. The first kappa shape index (κ1) is 8.75. The van der Waals surface area contributed by atoms with Crippen molar-refractivity contribution >= 4 is 0 Å². The molecule has 2 rings (SSSR count). The average molecular weight is 180 g/mol. The first-order valence-corrected chi connectivity index (χ1v) is 4.85. The topological polar surface area (TPSA) is 38.0 Å². The highest BCUT2D eigenvalue weighted by molar-refractivity contribution is 5.24. The molecule has 13 heavy (non-hydrogen) atoms. The van der Waals surface area contributed by atoms with Crippen LogP contribution in [0.25, 0.3) is 0 Å². The number of nitrogens with zero attached hydrogens (tertiary/aromatic N) is 2. The van der Waals surface area contributed by atoms with E-state index in [1.165, 1.54) is 0 Å². The normalized spacial score (nSPS) is 32.2. The van der Waals surface area contributed by atoms with E-state index in [1.54, 1.807) is 0 Å². The maximum absolute atomic E-state index is 10.1. The van der Waals surface area contributed by atoms with Gasteiger partial charge in [0.15, 0.2) is 0 Å². The minimum Gasteiger partial charge on any atom is -0.383 e. The monoisotopic (exact) mass is 180 g/mol. The molecule has 0 saturated heterocycles. The zero-order valence-electron chi connectivity index (χ0n) is 8.41. The Balaban J connectivity index is 2.39. The van der Waals surface area contributed by atoms with Gasteiger partial charge in [-0.3, -0.25) is 4.68 Å². The molecule has 0 spiro atoms. The van der Waals surface area contributed by atoms with Gasteiger partial charge in [0.05, 0.1) is 11.4 Å². The Kier molecular flexibility index (Phi) is 1.74. The molecule has 1 aromatic rings. The van der Waals surface area contributed by atoms with Crippen LogP contribution in [0.3, 0.4) is 0 Å². The van der Waals surface area contributed by atoms with Gasteiger partial charge >= 0.3 is 0 Å². The molecule has 1 N–H and O–H groups in total. The van der Waals surface area contributed by atoms with Crippen LogP contribution in [0.4, 0.5) is 0 Å². The number of aromatic nitrogens is 2. The van der Waals surface area contributed by atoms with Gasteiger partial charge in [-0.05, 0) is 32.3 Å². The highest BCUT2D eigenvalue weighted by atomic mass is 16.3. The van der Waals surface area contributed by atoms with E-state index in [4.69, 9.17) is 0 Å². The lowest BCUT2D eigenvalue weighted by Gasteiger charge is -2.10. The second-order valence-electron chi connectivity index (χ2n) is 4.02. The number of hydrogen-bond donors (Lipinski definition) is 1. The van der Waals surface area contributed by atoms with Crippen molar-refractivity contribution < 1.29 is 5.11 Å². The van der Waals surface area contributed by atoms with Gasteiger partial charge in [0.2, 0.25) is 0 Å². The molecule has 3 heteroatoms. The van der Waals surface area contributed by atoms with Crippen molar-refractivity contribution in [1.82, 2.24) is 9.78 Å². The Morgan fingerprint density at radius 1 is 1.77 bits per heavy atom. The van der Waals surface area contributed by atoms with Crippen molar-refractivity contribution in [3.05, 3.63) is 17.5 Å². The number of rotatable bonds is 2. The van der Waals surface area contributed by atoms with Crippen LogP contribution < -0.4 is 0 Å². The molecule has 1 saturated carbocycles. The molecule has 1 heterocycles. The highest BCUT2D eigenvalue weighted by Crippen LogP contribution is 2.51. The Hall–Kier alpha value is -0.830. The Labute approximate surface area is 78.4 Å². The van der Waals surface area contributed by atoms with Crippen LogP contribution >= 0.6 is 0 Å². The minimum atomic E-state index is -0.586. The van der Waals surface area contributed by atoms with Crippen LogP contribution in [-0.2, 0) is 12.1 Å². The average Bonchev–Trinajstić information content (AvgIpc) is 2.55. The third-order valence-corrected chi connectivity index (χ3v) is 2.92. The lowest BCUT2D eigenvalue weighted by molar-refractivity contribution is 0.124. The molecule has 0 aliphatic heterocycles. The number of aliphatic hydroxyl groups is 1. The Bertz CT molecular complexity index is 332. The molecule has 0 radical (unpaired) electrons. The van der Waals surface area contributed by atoms with E-state index < -0.39 is 5.60 Å². The first-order chi connectivity index (χ1) is 6.08. The molecule has 3 nitrogen and oxygen atoms in total. The van der Waals surface area contributed by atoms with E-state index in [0.717, 1.165) is 24.4 Å². The highest BCUT2D eigenvalue weighted by Gasteiger charge is 2.53. The van der Waals surface area contributed by atoms with E-state index >= 15 is 0 Å². The summed E-state index contributed by atoms with van der Waals surface area (Å²) in [6, 6.07) is 1.99. The van der Waals surface area contributed by atoms with Crippen molar-refractivity contribution in [2.24, 2.45) is 5.92 Å². The van der Waals surface area contributed by atoms with Crippen LogP contribution in [0.1, 0.15) is 31.7 Å². The molecule has 0 amide bonds. The summed E-state index contributed by atoms with van der Waals surface area (Å²) in [5, 5.41) is 14.5. The summed E-state index contributed by atoms with van der Waals surface area (Å²) < 4.78 is 1.90. The summed E-state index contributed by atoms with van der Waals surface area (Å²) in [6.45, 7) is 6.92. The van der Waals surface area contributed by atoms with E-state index in [2.05, 4.69) is 12.0 Å². The molecule has 0 aromatic carbocycles. The van der Waals surface area contributed by atoms with Crippen LogP contribution in [0.5, 0.6) is 0 Å². The second-order valence-corrected chi connectivity index (χ2v) is 4.02. The molecule has 1 aliphatic rings. The van der Waals surface area contributed by atoms with Gasteiger partial charge in [0.1, 0.15) is 5.60 Å². The van der Waals surface area contributed by atoms with Gasteiger partial charge in [0, 0.05) is 6.54 Å². The van der Waals surface area contributed by atoms with Crippen LogP contribution in [0, 0.1) is 12.8 Å². The van der Waals surface area contributed by atoms with Gasteiger partial charge in [-0.1, -0.05) is 6.92 Å². The van der Waals surface area contributed by atoms with Gasteiger partial charge in [-0.2, -0.15) is 5.10 Å². The molecule has 1 aromatic heterocycles. The molecule has 2 unspecified atom stereocenters. The second kappa shape index (κ2) is 2.58. The van der Waals surface area contributed by atoms with Gasteiger partial charge < -0.3 is 5.11 Å². The summed E-state index contributed by atoms with van der Waals surface area (Å²) in [5.74, 6) is 0.383. The fourth-order valence-electron chi connectivity index (χ4n) is 1.90. The molecule has 1 aliphatic carbocycles. The van der Waals surface area contributed by atoms with Crippen molar-refractivity contribution in [3.8, 4) is 0 Å². The van der Waals surface area contributed by atoms with Crippen LogP contribution in [0.15, 0.2) is 6.07 Å². The molecule has 2 atom stereocenters. The fourth-order valence-corrected chi connectivity index (χ4v) is 1.90. The molecule has 1 fully saturated rings.